The highest BCUT2D eigenvalue weighted by Crippen LogP contribution is 2.18. The largest absolute Gasteiger partial charge is 0.481 e. The van der Waals surface area contributed by atoms with Crippen LogP contribution < -0.4 is 0 Å². The molecule has 0 unspecified atom stereocenters. The number of hydrogen-bond donors (Lipinski definition) is 1. The molecule has 1 fully saturated rings. The summed E-state index contributed by atoms with van der Waals surface area (Å²) in [6.45, 7) is 5.88. The minimum absolute atomic E-state index is 0.243. The third-order valence-electron chi connectivity index (χ3n) is 2.77. The molecule has 17 heavy (non-hydrogen) atoms. The lowest BCUT2D eigenvalue weighted by atomic mass is 10.0. The van der Waals surface area contributed by atoms with Crippen LogP contribution in [0.3, 0.4) is 0 Å². The Bertz CT molecular complexity index is 396. The first-order valence-electron chi connectivity index (χ1n) is 5.81. The van der Waals surface area contributed by atoms with Gasteiger partial charge in [-0.3, -0.25) is 9.69 Å². The minimum atomic E-state index is -0.729. The molecule has 0 amide bonds. The van der Waals surface area contributed by atoms with Gasteiger partial charge in [0.2, 0.25) is 5.89 Å². The molecule has 0 bridgehead atoms. The van der Waals surface area contributed by atoms with Crippen LogP contribution in [0.2, 0.25) is 0 Å². The lowest BCUT2D eigenvalue weighted by Gasteiger charge is -2.35. The molecule has 0 aromatic carbocycles. The van der Waals surface area contributed by atoms with Crippen molar-refractivity contribution in [2.75, 3.05) is 13.1 Å². The van der Waals surface area contributed by atoms with E-state index in [-0.39, 0.29) is 5.92 Å². The van der Waals surface area contributed by atoms with Gasteiger partial charge in [0.05, 0.1) is 12.5 Å². The molecule has 1 aromatic heterocycles. The van der Waals surface area contributed by atoms with Gasteiger partial charge in [0, 0.05) is 19.5 Å². The first kappa shape index (κ1) is 12.0. The average molecular weight is 239 g/mol. The third-order valence-corrected chi connectivity index (χ3v) is 2.77. The molecule has 1 aliphatic heterocycles. The van der Waals surface area contributed by atoms with Crippen molar-refractivity contribution < 1.29 is 14.4 Å². The zero-order chi connectivity index (χ0) is 12.4. The number of carbonyl (C=O) groups is 1. The molecule has 2 rings (SSSR count). The van der Waals surface area contributed by atoms with E-state index in [1.165, 1.54) is 0 Å². The molecule has 1 aromatic rings. The molecular weight excluding hydrogens is 222 g/mol. The van der Waals surface area contributed by atoms with Crippen molar-refractivity contribution in [2.45, 2.75) is 26.8 Å². The first-order valence-corrected chi connectivity index (χ1v) is 5.81. The van der Waals surface area contributed by atoms with Gasteiger partial charge in [0.15, 0.2) is 5.82 Å². The number of hydrogen-bond acceptors (Lipinski definition) is 5. The summed E-state index contributed by atoms with van der Waals surface area (Å²) in [6, 6.07) is 0. The average Bonchev–Trinajstić information content (AvgIpc) is 2.56. The Hall–Kier alpha value is -1.43. The summed E-state index contributed by atoms with van der Waals surface area (Å²) in [5.41, 5.74) is 0. The number of rotatable bonds is 5. The van der Waals surface area contributed by atoms with Crippen LogP contribution in [0.25, 0.3) is 0 Å². The maximum atomic E-state index is 10.6. The number of likely N-dealkylation sites (tertiary alicyclic amines) is 1. The summed E-state index contributed by atoms with van der Waals surface area (Å²) in [4.78, 5) is 16.9. The summed E-state index contributed by atoms with van der Waals surface area (Å²) in [5.74, 6) is 0.830. The monoisotopic (exact) mass is 239 g/mol. The molecule has 6 heteroatoms. The number of carboxylic acid groups (broad SMARTS) is 1. The molecule has 6 nitrogen and oxygen atoms in total. The number of carboxylic acids is 1. The van der Waals surface area contributed by atoms with Crippen LogP contribution in [0, 0.1) is 11.8 Å². The topological polar surface area (TPSA) is 79.5 Å². The second kappa shape index (κ2) is 4.83. The third kappa shape index (κ3) is 3.03. The van der Waals surface area contributed by atoms with Crippen molar-refractivity contribution in [3.05, 3.63) is 11.7 Å². The Labute approximate surface area is 99.6 Å². The van der Waals surface area contributed by atoms with Crippen LogP contribution in [-0.4, -0.2) is 39.2 Å². The van der Waals surface area contributed by atoms with Crippen LogP contribution in [0.5, 0.6) is 0 Å². The highest BCUT2D eigenvalue weighted by Gasteiger charge is 2.33. The molecule has 94 valence electrons. The molecule has 0 atom stereocenters. The zero-order valence-electron chi connectivity index (χ0n) is 10.1. The molecule has 0 radical (unpaired) electrons. The maximum Gasteiger partial charge on any atom is 0.309 e. The van der Waals surface area contributed by atoms with Crippen molar-refractivity contribution in [1.29, 1.82) is 0 Å². The Morgan fingerprint density at radius 3 is 2.88 bits per heavy atom. The van der Waals surface area contributed by atoms with E-state index < -0.39 is 5.97 Å². The van der Waals surface area contributed by atoms with Crippen molar-refractivity contribution in [3.63, 3.8) is 0 Å². The van der Waals surface area contributed by atoms with Gasteiger partial charge >= 0.3 is 5.97 Å². The fourth-order valence-corrected chi connectivity index (χ4v) is 1.85. The normalized spacial score (nSPS) is 17.4. The maximum absolute atomic E-state index is 10.6. The summed E-state index contributed by atoms with van der Waals surface area (Å²) < 4.78 is 5.12. The lowest BCUT2D eigenvalue weighted by molar-refractivity contribution is -0.147. The van der Waals surface area contributed by atoms with Gasteiger partial charge < -0.3 is 9.63 Å². The first-order chi connectivity index (χ1) is 8.04. The lowest BCUT2D eigenvalue weighted by Crippen LogP contribution is -2.49. The van der Waals surface area contributed by atoms with E-state index in [4.69, 9.17) is 9.63 Å². The van der Waals surface area contributed by atoms with E-state index in [9.17, 15) is 4.79 Å². The quantitative estimate of drug-likeness (QED) is 0.818. The fourth-order valence-electron chi connectivity index (χ4n) is 1.85. The molecule has 2 heterocycles. The van der Waals surface area contributed by atoms with Crippen molar-refractivity contribution >= 4 is 5.97 Å². The van der Waals surface area contributed by atoms with Crippen LogP contribution >= 0.6 is 0 Å². The van der Waals surface area contributed by atoms with Crippen molar-refractivity contribution in [2.24, 2.45) is 11.8 Å². The Morgan fingerprint density at radius 1 is 1.59 bits per heavy atom. The molecule has 1 aliphatic rings. The van der Waals surface area contributed by atoms with Gasteiger partial charge in [-0.15, -0.1) is 0 Å². The van der Waals surface area contributed by atoms with E-state index >= 15 is 0 Å². The van der Waals surface area contributed by atoms with E-state index in [2.05, 4.69) is 24.0 Å². The standard InChI is InChI=1S/C11H17N3O3/c1-7(2)3-9-12-10(17-13-9)6-14-4-8(5-14)11(15)16/h7-8H,3-6H2,1-2H3,(H,15,16). The summed E-state index contributed by atoms with van der Waals surface area (Å²) >= 11 is 0. The molecule has 0 saturated carbocycles. The SMILES string of the molecule is CC(C)Cc1noc(CN2CC(C(=O)O)C2)n1. The van der Waals surface area contributed by atoms with E-state index in [0.717, 1.165) is 12.2 Å². The van der Waals surface area contributed by atoms with Gasteiger partial charge in [-0.1, -0.05) is 19.0 Å². The Balaban J connectivity index is 1.80. The fraction of sp³-hybridized carbons (Fsp3) is 0.727. The number of nitrogens with zero attached hydrogens (tertiary/aromatic N) is 3. The van der Waals surface area contributed by atoms with Crippen LogP contribution in [-0.2, 0) is 17.8 Å². The minimum Gasteiger partial charge on any atom is -0.481 e. The molecule has 1 saturated heterocycles. The smallest absolute Gasteiger partial charge is 0.309 e. The van der Waals surface area contributed by atoms with Crippen LogP contribution in [0.15, 0.2) is 4.52 Å². The van der Waals surface area contributed by atoms with Gasteiger partial charge in [-0.05, 0) is 5.92 Å². The Morgan fingerprint density at radius 2 is 2.29 bits per heavy atom. The predicted octanol–water partition coefficient (Wildman–Crippen LogP) is 0.785. The van der Waals surface area contributed by atoms with Gasteiger partial charge in [-0.2, -0.15) is 4.98 Å². The second-order valence-corrected chi connectivity index (χ2v) is 4.93. The summed E-state index contributed by atoms with van der Waals surface area (Å²) in [5, 5.41) is 12.6. The predicted molar refractivity (Wildman–Crippen MR) is 59.2 cm³/mol. The van der Waals surface area contributed by atoms with Gasteiger partial charge in [0.1, 0.15) is 0 Å². The van der Waals surface area contributed by atoms with Crippen molar-refractivity contribution in [3.8, 4) is 0 Å². The van der Waals surface area contributed by atoms with E-state index in [1.54, 1.807) is 0 Å². The van der Waals surface area contributed by atoms with Crippen LogP contribution in [0.1, 0.15) is 25.6 Å². The van der Waals surface area contributed by atoms with Crippen molar-refractivity contribution in [1.82, 2.24) is 15.0 Å². The van der Waals surface area contributed by atoms with Gasteiger partial charge in [-0.25, -0.2) is 0 Å². The molecule has 0 aliphatic carbocycles. The highest BCUT2D eigenvalue weighted by molar-refractivity contribution is 5.71. The summed E-state index contributed by atoms with van der Waals surface area (Å²) in [7, 11) is 0. The van der Waals surface area contributed by atoms with E-state index in [0.29, 0.717) is 31.4 Å². The number of aliphatic carboxylic acids is 1. The molecule has 1 N–H and O–H groups in total. The molecular formula is C11H17N3O3. The highest BCUT2D eigenvalue weighted by atomic mass is 16.5. The van der Waals surface area contributed by atoms with Crippen LogP contribution in [0.4, 0.5) is 0 Å². The zero-order valence-corrected chi connectivity index (χ0v) is 10.1. The van der Waals surface area contributed by atoms with Gasteiger partial charge in [0.25, 0.3) is 0 Å². The van der Waals surface area contributed by atoms with E-state index in [1.807, 2.05) is 4.90 Å². The Kier molecular flexibility index (Phi) is 3.42. The number of aromatic nitrogens is 2. The second-order valence-electron chi connectivity index (χ2n) is 4.93. The summed E-state index contributed by atoms with van der Waals surface area (Å²) in [6.07, 6.45) is 0.807. The molecule has 0 spiro atoms.